The highest BCUT2D eigenvalue weighted by Crippen LogP contribution is 2.39. The van der Waals surface area contributed by atoms with E-state index in [1.807, 2.05) is 31.2 Å². The van der Waals surface area contributed by atoms with Gasteiger partial charge in [-0.15, -0.1) is 10.2 Å². The molecule has 1 fully saturated rings. The molecule has 1 aromatic heterocycles. The number of benzene rings is 1. The molecular formula is C18H23ClN4OS. The molecule has 1 aliphatic carbocycles. The highest BCUT2D eigenvalue weighted by Gasteiger charge is 2.28. The van der Waals surface area contributed by atoms with Crippen LogP contribution in [0.1, 0.15) is 38.6 Å². The Morgan fingerprint density at radius 3 is 2.60 bits per heavy atom. The number of amides is 1. The highest BCUT2D eigenvalue weighted by molar-refractivity contribution is 8.00. The molecule has 0 N–H and O–H groups in total. The van der Waals surface area contributed by atoms with Crippen molar-refractivity contribution in [2.24, 2.45) is 0 Å². The van der Waals surface area contributed by atoms with Gasteiger partial charge in [-0.25, -0.2) is 0 Å². The molecule has 1 aromatic carbocycles. The molecule has 1 aliphatic rings. The van der Waals surface area contributed by atoms with Gasteiger partial charge in [0, 0.05) is 25.7 Å². The lowest BCUT2D eigenvalue weighted by molar-refractivity contribution is -0.127. The zero-order valence-corrected chi connectivity index (χ0v) is 16.3. The van der Waals surface area contributed by atoms with E-state index in [0.717, 1.165) is 29.4 Å². The number of aromatic nitrogens is 3. The van der Waals surface area contributed by atoms with E-state index in [4.69, 9.17) is 11.6 Å². The lowest BCUT2D eigenvalue weighted by Gasteiger charge is -2.20. The van der Waals surface area contributed by atoms with Crippen LogP contribution in [0.25, 0.3) is 11.4 Å². The maximum atomic E-state index is 12.2. The summed E-state index contributed by atoms with van der Waals surface area (Å²) in [6.45, 7) is 1.91. The van der Waals surface area contributed by atoms with Crippen molar-refractivity contribution in [1.82, 2.24) is 19.7 Å². The first kappa shape index (κ1) is 18.3. The minimum atomic E-state index is -0.210. The second-order valence-corrected chi connectivity index (χ2v) is 8.30. The van der Waals surface area contributed by atoms with Crippen molar-refractivity contribution in [2.75, 3.05) is 14.1 Å². The molecule has 7 heteroatoms. The Morgan fingerprint density at radius 1 is 1.28 bits per heavy atom. The number of carbonyl (C=O) groups excluding carboxylic acids is 1. The van der Waals surface area contributed by atoms with E-state index < -0.39 is 0 Å². The number of nitrogens with zero attached hydrogens (tertiary/aromatic N) is 4. The highest BCUT2D eigenvalue weighted by atomic mass is 35.5. The summed E-state index contributed by atoms with van der Waals surface area (Å²) in [5, 5.41) is 10.1. The van der Waals surface area contributed by atoms with E-state index in [9.17, 15) is 4.79 Å². The Hall–Kier alpha value is -1.53. The Labute approximate surface area is 157 Å². The molecule has 0 saturated heterocycles. The summed E-state index contributed by atoms with van der Waals surface area (Å²) in [6, 6.07) is 8.08. The minimum absolute atomic E-state index is 0.0743. The van der Waals surface area contributed by atoms with E-state index >= 15 is 0 Å². The quantitative estimate of drug-likeness (QED) is 0.728. The predicted molar refractivity (Wildman–Crippen MR) is 102 cm³/mol. The number of thioether (sulfide) groups is 1. The minimum Gasteiger partial charge on any atom is -0.348 e. The third kappa shape index (κ3) is 3.85. The largest absolute Gasteiger partial charge is 0.348 e. The Kier molecular flexibility index (Phi) is 5.69. The molecule has 25 heavy (non-hydrogen) atoms. The van der Waals surface area contributed by atoms with Gasteiger partial charge in [0.2, 0.25) is 5.91 Å². The normalized spacial score (nSPS) is 16.2. The van der Waals surface area contributed by atoms with Gasteiger partial charge in [0.1, 0.15) is 0 Å². The Balaban J connectivity index is 1.99. The van der Waals surface area contributed by atoms with Crippen LogP contribution in [0.3, 0.4) is 0 Å². The van der Waals surface area contributed by atoms with Gasteiger partial charge >= 0.3 is 0 Å². The van der Waals surface area contributed by atoms with Crippen LogP contribution < -0.4 is 0 Å². The van der Waals surface area contributed by atoms with Crippen molar-refractivity contribution in [3.8, 4) is 11.4 Å². The monoisotopic (exact) mass is 378 g/mol. The molecule has 0 spiro atoms. The van der Waals surface area contributed by atoms with E-state index in [0.29, 0.717) is 11.1 Å². The van der Waals surface area contributed by atoms with Gasteiger partial charge in [-0.05, 0) is 31.9 Å². The second-order valence-electron chi connectivity index (χ2n) is 6.59. The molecule has 0 bridgehead atoms. The SMILES string of the molecule is C[C@H](Sc1nnc(-c2ccccc2Cl)n1C1CCCC1)C(=O)N(C)C. The first-order valence-corrected chi connectivity index (χ1v) is 9.82. The number of halogens is 1. The summed E-state index contributed by atoms with van der Waals surface area (Å²) in [7, 11) is 3.55. The first-order valence-electron chi connectivity index (χ1n) is 8.56. The maximum absolute atomic E-state index is 12.2. The Bertz CT molecular complexity index is 755. The van der Waals surface area contributed by atoms with Crippen molar-refractivity contribution in [1.29, 1.82) is 0 Å². The molecular weight excluding hydrogens is 356 g/mol. The lowest BCUT2D eigenvalue weighted by atomic mass is 10.2. The predicted octanol–water partition coefficient (Wildman–Crippen LogP) is 4.28. The number of carbonyl (C=O) groups is 1. The summed E-state index contributed by atoms with van der Waals surface area (Å²) in [4.78, 5) is 13.9. The van der Waals surface area contributed by atoms with Crippen molar-refractivity contribution >= 4 is 29.3 Å². The molecule has 134 valence electrons. The third-order valence-corrected chi connectivity index (χ3v) is 5.91. The smallest absolute Gasteiger partial charge is 0.235 e. The van der Waals surface area contributed by atoms with Crippen molar-refractivity contribution < 1.29 is 4.79 Å². The number of rotatable bonds is 5. The van der Waals surface area contributed by atoms with Crippen LogP contribution in [0.2, 0.25) is 5.02 Å². The van der Waals surface area contributed by atoms with E-state index in [1.54, 1.807) is 19.0 Å². The maximum Gasteiger partial charge on any atom is 0.235 e. The first-order chi connectivity index (χ1) is 12.0. The summed E-state index contributed by atoms with van der Waals surface area (Å²) in [5.74, 6) is 0.870. The molecule has 1 saturated carbocycles. The van der Waals surface area contributed by atoms with E-state index in [1.165, 1.54) is 24.6 Å². The molecule has 5 nitrogen and oxygen atoms in total. The van der Waals surface area contributed by atoms with Crippen LogP contribution in [0.15, 0.2) is 29.4 Å². The summed E-state index contributed by atoms with van der Waals surface area (Å²) in [5.41, 5.74) is 0.891. The number of hydrogen-bond acceptors (Lipinski definition) is 4. The summed E-state index contributed by atoms with van der Waals surface area (Å²) < 4.78 is 2.19. The average molecular weight is 379 g/mol. The lowest BCUT2D eigenvalue weighted by Crippen LogP contribution is -2.30. The fourth-order valence-electron chi connectivity index (χ4n) is 3.25. The average Bonchev–Trinajstić information content (AvgIpc) is 3.23. The summed E-state index contributed by atoms with van der Waals surface area (Å²) >= 11 is 7.87. The van der Waals surface area contributed by atoms with Gasteiger partial charge < -0.3 is 4.90 Å². The van der Waals surface area contributed by atoms with E-state index in [2.05, 4.69) is 14.8 Å². The Morgan fingerprint density at radius 2 is 1.96 bits per heavy atom. The van der Waals surface area contributed by atoms with Gasteiger partial charge in [-0.3, -0.25) is 9.36 Å². The molecule has 1 atom stereocenters. The molecule has 1 amide bonds. The second kappa shape index (κ2) is 7.79. The van der Waals surface area contributed by atoms with Gasteiger partial charge in [-0.2, -0.15) is 0 Å². The van der Waals surface area contributed by atoms with Crippen LogP contribution in [0.5, 0.6) is 0 Å². The summed E-state index contributed by atoms with van der Waals surface area (Å²) in [6.07, 6.45) is 4.64. The van der Waals surface area contributed by atoms with E-state index in [-0.39, 0.29) is 11.2 Å². The van der Waals surface area contributed by atoms with Gasteiger partial charge in [0.15, 0.2) is 11.0 Å². The van der Waals surface area contributed by atoms with Gasteiger partial charge in [-0.1, -0.05) is 48.3 Å². The fourth-order valence-corrected chi connectivity index (χ4v) is 4.53. The molecule has 0 unspecified atom stereocenters. The topological polar surface area (TPSA) is 51.0 Å². The van der Waals surface area contributed by atoms with Crippen molar-refractivity contribution in [3.63, 3.8) is 0 Å². The molecule has 0 aliphatic heterocycles. The number of hydrogen-bond donors (Lipinski definition) is 0. The van der Waals surface area contributed by atoms with Crippen molar-refractivity contribution in [3.05, 3.63) is 29.3 Å². The zero-order valence-electron chi connectivity index (χ0n) is 14.8. The van der Waals surface area contributed by atoms with Crippen LogP contribution >= 0.6 is 23.4 Å². The zero-order chi connectivity index (χ0) is 18.0. The molecule has 1 heterocycles. The molecule has 3 rings (SSSR count). The van der Waals surface area contributed by atoms with Crippen molar-refractivity contribution in [2.45, 2.75) is 49.1 Å². The molecule has 0 radical (unpaired) electrons. The standard InChI is InChI=1S/C18H23ClN4OS/c1-12(17(24)22(2)3)25-18-21-20-16(14-10-6-7-11-15(14)19)23(18)13-8-4-5-9-13/h6-7,10-13H,4-5,8-9H2,1-3H3/t12-/m0/s1. The fraction of sp³-hybridized carbons (Fsp3) is 0.500. The van der Waals surface area contributed by atoms with Crippen LogP contribution in [-0.4, -0.2) is 44.9 Å². The van der Waals surface area contributed by atoms with Gasteiger partial charge in [0.25, 0.3) is 0 Å². The van der Waals surface area contributed by atoms with Crippen LogP contribution in [0.4, 0.5) is 0 Å². The molecule has 2 aromatic rings. The van der Waals surface area contributed by atoms with Crippen LogP contribution in [0, 0.1) is 0 Å². The van der Waals surface area contributed by atoms with Crippen LogP contribution in [-0.2, 0) is 4.79 Å². The third-order valence-electron chi connectivity index (χ3n) is 4.54. The van der Waals surface area contributed by atoms with Gasteiger partial charge in [0.05, 0.1) is 10.3 Å².